The van der Waals surface area contributed by atoms with E-state index in [0.29, 0.717) is 26.4 Å². The van der Waals surface area contributed by atoms with E-state index in [1.165, 1.54) is 31.8 Å². The van der Waals surface area contributed by atoms with Crippen molar-refractivity contribution in [3.63, 3.8) is 0 Å². The summed E-state index contributed by atoms with van der Waals surface area (Å²) in [7, 11) is -5.40. The van der Waals surface area contributed by atoms with E-state index in [9.17, 15) is 0 Å². The zero-order valence-electron chi connectivity index (χ0n) is 32.0. The molecule has 0 amide bonds. The van der Waals surface area contributed by atoms with E-state index in [-0.39, 0.29) is 0 Å². The lowest BCUT2D eigenvalue weighted by Gasteiger charge is -2.34. The summed E-state index contributed by atoms with van der Waals surface area (Å²) in [5.41, 5.74) is 1.96. The van der Waals surface area contributed by atoms with E-state index in [0.717, 1.165) is 44.7 Å². The minimum atomic E-state index is -2.70. The van der Waals surface area contributed by atoms with Crippen LogP contribution in [0.3, 0.4) is 0 Å². The predicted molar refractivity (Wildman–Crippen MR) is 243 cm³/mol. The van der Waals surface area contributed by atoms with Gasteiger partial charge in [-0.3, -0.25) is 0 Å². The molecule has 10 rings (SSSR count). The predicted octanol–water partition coefficient (Wildman–Crippen LogP) is 8.13. The highest BCUT2D eigenvalue weighted by atomic mass is 31.2. The smallest absolute Gasteiger partial charge is 0.173 e. The van der Waals surface area contributed by atoms with Gasteiger partial charge < -0.3 is 18.9 Å². The highest BCUT2D eigenvalue weighted by Gasteiger charge is 2.55. The Morgan fingerprint density at radius 1 is 0.259 bits per heavy atom. The van der Waals surface area contributed by atoms with E-state index >= 15 is 0 Å². The second kappa shape index (κ2) is 15.6. The van der Waals surface area contributed by atoms with Crippen LogP contribution in [0.25, 0.3) is 11.1 Å². The molecule has 0 bridgehead atoms. The van der Waals surface area contributed by atoms with Gasteiger partial charge in [-0.25, -0.2) is 0 Å². The summed E-state index contributed by atoms with van der Waals surface area (Å²) in [6.45, 7) is 1.79. The summed E-state index contributed by atoms with van der Waals surface area (Å²) in [6, 6.07) is 75.0. The molecule has 0 spiro atoms. The van der Waals surface area contributed by atoms with Crippen LogP contribution >= 0.6 is 14.5 Å². The van der Waals surface area contributed by atoms with Gasteiger partial charge in [0.05, 0.1) is 11.1 Å². The molecule has 6 heteroatoms. The maximum absolute atomic E-state index is 6.94. The van der Waals surface area contributed by atoms with E-state index in [4.69, 9.17) is 18.9 Å². The fourth-order valence-electron chi connectivity index (χ4n) is 8.89. The summed E-state index contributed by atoms with van der Waals surface area (Å²) in [6.07, 6.45) is 0. The quantitative estimate of drug-likeness (QED) is 0.139. The maximum Gasteiger partial charge on any atom is 0.173 e. The first kappa shape index (κ1) is 36.2. The second-order valence-electron chi connectivity index (χ2n) is 14.3. The number of benzene rings is 8. The molecular weight excluding hydrogens is 751 g/mol. The van der Waals surface area contributed by atoms with Crippen molar-refractivity contribution in [2.45, 2.75) is 0 Å². The third kappa shape index (κ3) is 5.90. The standard InChI is InChI=1S/C52H42O4P2/c1-7-19-39(20-8-1)57(40-21-9-2-10-22-40,41-23-11-3-12-24-41)47-33-31-45-51(55-37-35-53-45)49(47)50-48(34-32-46-52(50)56-38-36-54-46)58(42-25-13-4-14-26-42,43-27-15-5-16-28-43)44-29-17-6-18-30-44/h1-34H,35-38H2/q+2. The number of rotatable bonds is 9. The average Bonchev–Trinajstić information content (AvgIpc) is 3.31. The third-order valence-corrected chi connectivity index (χ3v) is 19.8. The Morgan fingerprint density at radius 3 is 0.759 bits per heavy atom. The van der Waals surface area contributed by atoms with Crippen molar-refractivity contribution in [2.24, 2.45) is 0 Å². The lowest BCUT2D eigenvalue weighted by molar-refractivity contribution is 0.170. The van der Waals surface area contributed by atoms with Crippen LogP contribution in [-0.4, -0.2) is 26.4 Å². The van der Waals surface area contributed by atoms with Crippen LogP contribution in [0.2, 0.25) is 0 Å². The van der Waals surface area contributed by atoms with E-state index < -0.39 is 14.5 Å². The van der Waals surface area contributed by atoms with Gasteiger partial charge in [0.2, 0.25) is 0 Å². The van der Waals surface area contributed by atoms with Gasteiger partial charge in [0.15, 0.2) is 23.0 Å². The molecule has 0 aliphatic carbocycles. The van der Waals surface area contributed by atoms with Crippen LogP contribution in [0.1, 0.15) is 0 Å². The van der Waals surface area contributed by atoms with Gasteiger partial charge in [-0.05, 0) is 97.1 Å². The number of ether oxygens (including phenoxy) is 4. The Balaban J connectivity index is 1.44. The highest BCUT2D eigenvalue weighted by molar-refractivity contribution is 8.02. The first-order valence-electron chi connectivity index (χ1n) is 19.8. The van der Waals surface area contributed by atoms with Crippen molar-refractivity contribution in [1.82, 2.24) is 0 Å². The first-order valence-corrected chi connectivity index (χ1v) is 23.4. The molecule has 0 aromatic heterocycles. The monoisotopic (exact) mass is 792 g/mol. The first-order chi connectivity index (χ1) is 28.8. The minimum Gasteiger partial charge on any atom is -0.486 e. The molecule has 2 aliphatic heterocycles. The van der Waals surface area contributed by atoms with Gasteiger partial charge in [0, 0.05) is 0 Å². The summed E-state index contributed by atoms with van der Waals surface area (Å²) >= 11 is 0. The van der Waals surface area contributed by atoms with Gasteiger partial charge in [0.25, 0.3) is 0 Å². The van der Waals surface area contributed by atoms with Crippen molar-refractivity contribution in [3.05, 3.63) is 206 Å². The highest BCUT2D eigenvalue weighted by Crippen LogP contribution is 2.63. The zero-order valence-corrected chi connectivity index (χ0v) is 33.8. The summed E-state index contributed by atoms with van der Waals surface area (Å²) in [4.78, 5) is 0. The molecule has 2 aliphatic rings. The SMILES string of the molecule is c1ccc([P+](c2ccccc2)(c2ccccc2)c2ccc3c(c2-c2c([P+](c4ccccc4)(c4ccccc4)c4ccccc4)ccc4c2OCCO4)OCCO3)cc1. The van der Waals surface area contributed by atoms with Gasteiger partial charge in [0.1, 0.15) is 83.4 Å². The number of fused-ring (bicyclic) bond motifs is 2. The van der Waals surface area contributed by atoms with Crippen molar-refractivity contribution in [3.8, 4) is 34.1 Å². The molecule has 2 heterocycles. The fraction of sp³-hybridized carbons (Fsp3) is 0.0769. The molecule has 0 atom stereocenters. The van der Waals surface area contributed by atoms with E-state index in [1.54, 1.807) is 0 Å². The summed E-state index contributed by atoms with van der Waals surface area (Å²) in [5, 5.41) is 9.77. The Bertz CT molecular complexity index is 2280. The Morgan fingerprint density at radius 2 is 0.500 bits per heavy atom. The molecule has 8 aromatic carbocycles. The molecule has 0 saturated carbocycles. The van der Waals surface area contributed by atoms with Gasteiger partial charge >= 0.3 is 0 Å². The molecule has 0 saturated heterocycles. The van der Waals surface area contributed by atoms with Gasteiger partial charge in [-0.2, -0.15) is 0 Å². The Kier molecular flexibility index (Phi) is 9.75. The lowest BCUT2D eigenvalue weighted by atomic mass is 10.0. The molecule has 282 valence electrons. The normalized spacial score (nSPS) is 13.4. The summed E-state index contributed by atoms with van der Waals surface area (Å²) < 4.78 is 26.9. The largest absolute Gasteiger partial charge is 0.486 e. The van der Waals surface area contributed by atoms with Crippen molar-refractivity contribution < 1.29 is 18.9 Å². The van der Waals surface area contributed by atoms with Crippen molar-refractivity contribution in [1.29, 1.82) is 0 Å². The Labute approximate surface area is 341 Å². The molecular formula is C52H42O4P2+2. The molecule has 8 aromatic rings. The minimum absolute atomic E-state index is 0.426. The van der Waals surface area contributed by atoms with Crippen molar-refractivity contribution in [2.75, 3.05) is 26.4 Å². The fourth-order valence-corrected chi connectivity index (χ4v) is 17.8. The third-order valence-electron chi connectivity index (χ3n) is 11.2. The molecule has 0 radical (unpaired) electrons. The van der Waals surface area contributed by atoms with Gasteiger partial charge in [-0.15, -0.1) is 0 Å². The van der Waals surface area contributed by atoms with Crippen molar-refractivity contribution >= 4 is 57.0 Å². The average molecular weight is 793 g/mol. The second-order valence-corrected chi connectivity index (χ2v) is 21.1. The van der Waals surface area contributed by atoms with Crippen LogP contribution in [0.4, 0.5) is 0 Å². The van der Waals surface area contributed by atoms with Crippen LogP contribution < -0.4 is 61.4 Å². The summed E-state index contributed by atoms with van der Waals surface area (Å²) in [5.74, 6) is 2.90. The lowest BCUT2D eigenvalue weighted by Crippen LogP contribution is -2.42. The molecule has 0 unspecified atom stereocenters. The number of hydrogen-bond donors (Lipinski definition) is 0. The molecule has 0 N–H and O–H groups in total. The van der Waals surface area contributed by atoms with Crippen LogP contribution in [0, 0.1) is 0 Å². The van der Waals surface area contributed by atoms with Crippen LogP contribution in [-0.2, 0) is 0 Å². The molecule has 0 fully saturated rings. The maximum atomic E-state index is 6.94. The van der Waals surface area contributed by atoms with Crippen LogP contribution in [0.15, 0.2) is 206 Å². The van der Waals surface area contributed by atoms with Gasteiger partial charge in [-0.1, -0.05) is 109 Å². The zero-order chi connectivity index (χ0) is 38.8. The molecule has 4 nitrogen and oxygen atoms in total. The topological polar surface area (TPSA) is 36.9 Å². The van der Waals surface area contributed by atoms with E-state index in [1.807, 2.05) is 0 Å². The van der Waals surface area contributed by atoms with Crippen LogP contribution in [0.5, 0.6) is 23.0 Å². The Hall–Kier alpha value is -6.18. The van der Waals surface area contributed by atoms with E-state index in [2.05, 4.69) is 206 Å². The number of hydrogen-bond acceptors (Lipinski definition) is 4. The molecule has 58 heavy (non-hydrogen) atoms.